The lowest BCUT2D eigenvalue weighted by atomic mass is 9.91. The van der Waals surface area contributed by atoms with Gasteiger partial charge in [-0.25, -0.2) is 4.79 Å². The number of aliphatic carboxylic acids is 1. The van der Waals surface area contributed by atoms with E-state index in [1.54, 1.807) is 48.5 Å². The summed E-state index contributed by atoms with van der Waals surface area (Å²) < 4.78 is 5.71. The molecule has 2 aromatic rings. The number of anilines is 1. The van der Waals surface area contributed by atoms with Crippen LogP contribution in [0.4, 0.5) is 10.5 Å². The Bertz CT molecular complexity index is 913. The van der Waals surface area contributed by atoms with Gasteiger partial charge in [0.1, 0.15) is 11.5 Å². The first-order valence-corrected chi connectivity index (χ1v) is 9.29. The molecule has 1 aliphatic rings. The van der Waals surface area contributed by atoms with E-state index in [0.29, 0.717) is 30.2 Å². The molecule has 0 aromatic heterocycles. The molecule has 0 saturated carbocycles. The lowest BCUT2D eigenvalue weighted by Gasteiger charge is -2.34. The molecule has 1 heterocycles. The second-order valence-corrected chi connectivity index (χ2v) is 7.20. The number of nitrogens with two attached hydrogens (primary N) is 1. The van der Waals surface area contributed by atoms with Crippen LogP contribution in [0.1, 0.15) is 23.7 Å². The van der Waals surface area contributed by atoms with Crippen LogP contribution < -0.4 is 15.8 Å². The van der Waals surface area contributed by atoms with Crippen molar-refractivity contribution < 1.29 is 24.2 Å². The third kappa shape index (κ3) is 5.04. The van der Waals surface area contributed by atoms with Crippen molar-refractivity contribution in [2.45, 2.75) is 13.3 Å². The van der Waals surface area contributed by atoms with Gasteiger partial charge in [0.15, 0.2) is 0 Å². The smallest absolute Gasteiger partial charge is 0.321 e. The number of nitrogens with one attached hydrogen (secondary N) is 1. The molecule has 4 N–H and O–H groups in total. The molecule has 8 nitrogen and oxygen atoms in total. The fraction of sp³-hybridized carbons (Fsp3) is 0.286. The minimum atomic E-state index is -0.882. The number of likely N-dealkylation sites (tertiary alicyclic amines) is 1. The van der Waals surface area contributed by atoms with Gasteiger partial charge in [-0.1, -0.05) is 19.1 Å². The van der Waals surface area contributed by atoms with E-state index in [0.717, 1.165) is 0 Å². The van der Waals surface area contributed by atoms with Crippen LogP contribution in [0.25, 0.3) is 0 Å². The van der Waals surface area contributed by atoms with Crippen molar-refractivity contribution in [2.24, 2.45) is 17.6 Å². The van der Waals surface area contributed by atoms with Crippen LogP contribution in [0, 0.1) is 11.8 Å². The molecule has 152 valence electrons. The van der Waals surface area contributed by atoms with E-state index in [1.807, 2.05) is 6.92 Å². The molecule has 29 heavy (non-hydrogen) atoms. The number of carboxylic acids is 1. The van der Waals surface area contributed by atoms with Gasteiger partial charge < -0.3 is 25.8 Å². The van der Waals surface area contributed by atoms with Crippen LogP contribution in [0.3, 0.4) is 0 Å². The number of hydrogen-bond acceptors (Lipinski definition) is 4. The molecule has 0 spiro atoms. The summed E-state index contributed by atoms with van der Waals surface area (Å²) in [6, 6.07) is 13.0. The minimum absolute atomic E-state index is 0.122. The molecule has 0 bridgehead atoms. The van der Waals surface area contributed by atoms with Crippen LogP contribution in [-0.4, -0.2) is 41.0 Å². The first kappa shape index (κ1) is 20.2. The fourth-order valence-corrected chi connectivity index (χ4v) is 3.39. The standard InChI is InChI=1S/C21H23N3O5/c1-13-10-14(20(26)27)12-24(11-13)21(28)23-15-6-8-16(9-7-15)29-18-5-3-2-4-17(18)19(22)25/h2-9,13-14H,10-12H2,1H3,(H2,22,25)(H,23,28)(H,26,27). The highest BCUT2D eigenvalue weighted by molar-refractivity contribution is 5.95. The number of ether oxygens (including phenoxy) is 1. The van der Waals surface area contributed by atoms with Gasteiger partial charge in [-0.15, -0.1) is 0 Å². The highest BCUT2D eigenvalue weighted by atomic mass is 16.5. The Hall–Kier alpha value is -3.55. The van der Waals surface area contributed by atoms with Gasteiger partial charge in [0.25, 0.3) is 5.91 Å². The Morgan fingerprint density at radius 2 is 1.79 bits per heavy atom. The largest absolute Gasteiger partial charge is 0.481 e. The van der Waals surface area contributed by atoms with Crippen LogP contribution in [0.15, 0.2) is 48.5 Å². The molecule has 2 unspecified atom stereocenters. The van der Waals surface area contributed by atoms with Crippen molar-refractivity contribution in [2.75, 3.05) is 18.4 Å². The highest BCUT2D eigenvalue weighted by Gasteiger charge is 2.31. The molecule has 3 amide bonds. The Morgan fingerprint density at radius 3 is 2.45 bits per heavy atom. The van der Waals surface area contributed by atoms with Crippen LogP contribution in [-0.2, 0) is 4.79 Å². The van der Waals surface area contributed by atoms with E-state index in [-0.39, 0.29) is 24.1 Å². The van der Waals surface area contributed by atoms with E-state index in [1.165, 1.54) is 4.90 Å². The molecule has 1 saturated heterocycles. The van der Waals surface area contributed by atoms with Gasteiger partial charge in [0, 0.05) is 18.8 Å². The topological polar surface area (TPSA) is 122 Å². The number of nitrogens with zero attached hydrogens (tertiary/aromatic N) is 1. The highest BCUT2D eigenvalue weighted by Crippen LogP contribution is 2.27. The SMILES string of the molecule is CC1CC(C(=O)O)CN(C(=O)Nc2ccc(Oc3ccccc3C(N)=O)cc2)C1. The summed E-state index contributed by atoms with van der Waals surface area (Å²) in [5, 5.41) is 12.0. The summed E-state index contributed by atoms with van der Waals surface area (Å²) in [5.74, 6) is -1.07. The van der Waals surface area contributed by atoms with E-state index in [2.05, 4.69) is 5.32 Å². The molecule has 1 fully saturated rings. The maximum absolute atomic E-state index is 12.5. The van der Waals surface area contributed by atoms with E-state index < -0.39 is 17.8 Å². The van der Waals surface area contributed by atoms with Gasteiger partial charge in [-0.3, -0.25) is 9.59 Å². The van der Waals surface area contributed by atoms with Crippen molar-refractivity contribution in [1.29, 1.82) is 0 Å². The number of carboxylic acid groups (broad SMARTS) is 1. The maximum Gasteiger partial charge on any atom is 0.321 e. The Labute approximate surface area is 168 Å². The average molecular weight is 397 g/mol. The van der Waals surface area contributed by atoms with Crippen molar-refractivity contribution in [3.63, 3.8) is 0 Å². The summed E-state index contributed by atoms with van der Waals surface area (Å²) in [4.78, 5) is 36.8. The lowest BCUT2D eigenvalue weighted by Crippen LogP contribution is -2.47. The number of piperidine rings is 1. The number of benzene rings is 2. The normalized spacial score (nSPS) is 18.7. The predicted octanol–water partition coefficient (Wildman–Crippen LogP) is 3.15. The van der Waals surface area contributed by atoms with Crippen LogP contribution in [0.2, 0.25) is 0 Å². The summed E-state index contributed by atoms with van der Waals surface area (Å²) in [5.41, 5.74) is 6.17. The summed E-state index contributed by atoms with van der Waals surface area (Å²) in [6.07, 6.45) is 0.567. The predicted molar refractivity (Wildman–Crippen MR) is 107 cm³/mol. The second-order valence-electron chi connectivity index (χ2n) is 7.20. The molecule has 2 atom stereocenters. The summed E-state index contributed by atoms with van der Waals surface area (Å²) in [6.45, 7) is 2.64. The molecular formula is C21H23N3O5. The number of urea groups is 1. The Morgan fingerprint density at radius 1 is 1.10 bits per heavy atom. The van der Waals surface area contributed by atoms with Crippen molar-refractivity contribution in [3.05, 3.63) is 54.1 Å². The number of carbonyl (C=O) groups excluding carboxylic acids is 2. The van der Waals surface area contributed by atoms with E-state index >= 15 is 0 Å². The number of amides is 3. The van der Waals surface area contributed by atoms with Gasteiger partial charge in [0.05, 0.1) is 11.5 Å². The first-order valence-electron chi connectivity index (χ1n) is 9.29. The third-order valence-electron chi connectivity index (χ3n) is 4.78. The molecule has 2 aromatic carbocycles. The number of hydrogen-bond donors (Lipinski definition) is 3. The molecule has 3 rings (SSSR count). The summed E-state index contributed by atoms with van der Waals surface area (Å²) in [7, 11) is 0. The molecule has 0 aliphatic carbocycles. The van der Waals surface area contributed by atoms with Crippen molar-refractivity contribution in [1.82, 2.24) is 4.90 Å². The average Bonchev–Trinajstić information content (AvgIpc) is 2.69. The van der Waals surface area contributed by atoms with Crippen LogP contribution >= 0.6 is 0 Å². The van der Waals surface area contributed by atoms with Gasteiger partial charge >= 0.3 is 12.0 Å². The Balaban J connectivity index is 1.64. The zero-order chi connectivity index (χ0) is 21.0. The molecular weight excluding hydrogens is 374 g/mol. The Kier molecular flexibility index (Phi) is 6.01. The summed E-state index contributed by atoms with van der Waals surface area (Å²) >= 11 is 0. The quantitative estimate of drug-likeness (QED) is 0.715. The van der Waals surface area contributed by atoms with E-state index in [4.69, 9.17) is 10.5 Å². The number of rotatable bonds is 5. The van der Waals surface area contributed by atoms with Crippen molar-refractivity contribution in [3.8, 4) is 11.5 Å². The van der Waals surface area contributed by atoms with Crippen LogP contribution in [0.5, 0.6) is 11.5 Å². The maximum atomic E-state index is 12.5. The number of para-hydroxylation sites is 1. The van der Waals surface area contributed by atoms with Gasteiger partial charge in [-0.2, -0.15) is 0 Å². The zero-order valence-electron chi connectivity index (χ0n) is 16.0. The second kappa shape index (κ2) is 8.64. The third-order valence-corrected chi connectivity index (χ3v) is 4.78. The monoisotopic (exact) mass is 397 g/mol. The van der Waals surface area contributed by atoms with Gasteiger partial charge in [-0.05, 0) is 48.7 Å². The molecule has 8 heteroatoms. The van der Waals surface area contributed by atoms with Gasteiger partial charge in [0.2, 0.25) is 0 Å². The van der Waals surface area contributed by atoms with Crippen molar-refractivity contribution >= 4 is 23.6 Å². The number of carbonyl (C=O) groups is 3. The van der Waals surface area contributed by atoms with E-state index in [9.17, 15) is 19.5 Å². The zero-order valence-corrected chi connectivity index (χ0v) is 16.0. The first-order chi connectivity index (χ1) is 13.8. The fourth-order valence-electron chi connectivity index (χ4n) is 3.39. The minimum Gasteiger partial charge on any atom is -0.481 e. The molecule has 0 radical (unpaired) electrons. The number of primary amides is 1. The lowest BCUT2D eigenvalue weighted by molar-refractivity contribution is -0.143. The molecule has 1 aliphatic heterocycles.